The molecule has 0 N–H and O–H groups in total. The lowest BCUT2D eigenvalue weighted by molar-refractivity contribution is 0.267. The Bertz CT molecular complexity index is 350. The SMILES string of the molecule is C=C=C[C@@H](C)O[Si](C)(C)c1ccccc1. The molecule has 80 valence electrons. The Balaban J connectivity index is 2.79. The molecule has 1 aromatic carbocycles. The van der Waals surface area contributed by atoms with Crippen molar-refractivity contribution in [1.29, 1.82) is 0 Å². The third kappa shape index (κ3) is 3.52. The Morgan fingerprint density at radius 1 is 1.33 bits per heavy atom. The normalized spacial score (nSPS) is 13.0. The topological polar surface area (TPSA) is 9.23 Å². The first kappa shape index (κ1) is 12.0. The lowest BCUT2D eigenvalue weighted by Gasteiger charge is -2.26. The molecular formula is C13H18OSi. The molecule has 2 heteroatoms. The number of hydrogen-bond acceptors (Lipinski definition) is 1. The zero-order valence-corrected chi connectivity index (χ0v) is 10.7. The molecule has 0 aliphatic heterocycles. The van der Waals surface area contributed by atoms with Crippen LogP contribution in [-0.2, 0) is 4.43 Å². The summed E-state index contributed by atoms with van der Waals surface area (Å²) >= 11 is 0. The van der Waals surface area contributed by atoms with Crippen molar-refractivity contribution in [3.8, 4) is 0 Å². The van der Waals surface area contributed by atoms with Gasteiger partial charge in [-0.05, 0) is 31.3 Å². The van der Waals surface area contributed by atoms with E-state index >= 15 is 0 Å². The van der Waals surface area contributed by atoms with Gasteiger partial charge < -0.3 is 4.43 Å². The zero-order valence-electron chi connectivity index (χ0n) is 9.66. The zero-order chi connectivity index (χ0) is 11.3. The summed E-state index contributed by atoms with van der Waals surface area (Å²) in [5.74, 6) is 0. The summed E-state index contributed by atoms with van der Waals surface area (Å²) in [5, 5.41) is 1.31. The smallest absolute Gasteiger partial charge is 0.218 e. The van der Waals surface area contributed by atoms with E-state index in [2.05, 4.69) is 49.7 Å². The van der Waals surface area contributed by atoms with Crippen molar-refractivity contribution in [3.63, 3.8) is 0 Å². The summed E-state index contributed by atoms with van der Waals surface area (Å²) in [6.45, 7) is 9.99. The van der Waals surface area contributed by atoms with E-state index in [0.717, 1.165) is 0 Å². The van der Waals surface area contributed by atoms with Crippen molar-refractivity contribution in [2.45, 2.75) is 26.1 Å². The van der Waals surface area contributed by atoms with Gasteiger partial charge in [0.25, 0.3) is 0 Å². The molecule has 0 unspecified atom stereocenters. The van der Waals surface area contributed by atoms with Gasteiger partial charge in [0.2, 0.25) is 8.32 Å². The average Bonchev–Trinajstić information content (AvgIpc) is 2.18. The second-order valence-corrected chi connectivity index (χ2v) is 7.90. The van der Waals surface area contributed by atoms with Crippen LogP contribution in [0.3, 0.4) is 0 Å². The third-order valence-electron chi connectivity index (χ3n) is 2.30. The molecule has 0 saturated carbocycles. The maximum Gasteiger partial charge on any atom is 0.218 e. The summed E-state index contributed by atoms with van der Waals surface area (Å²) in [7, 11) is -1.78. The first-order valence-corrected chi connectivity index (χ1v) is 8.06. The highest BCUT2D eigenvalue weighted by atomic mass is 28.4. The van der Waals surface area contributed by atoms with Crippen molar-refractivity contribution >= 4 is 13.5 Å². The fourth-order valence-corrected chi connectivity index (χ4v) is 3.70. The molecule has 0 heterocycles. The van der Waals surface area contributed by atoms with E-state index in [1.807, 2.05) is 19.1 Å². The van der Waals surface area contributed by atoms with Crippen LogP contribution in [0.15, 0.2) is 48.7 Å². The minimum atomic E-state index is -1.78. The molecular weight excluding hydrogens is 200 g/mol. The Kier molecular flexibility index (Phi) is 4.10. The van der Waals surface area contributed by atoms with Gasteiger partial charge in [-0.2, -0.15) is 0 Å². The van der Waals surface area contributed by atoms with E-state index in [9.17, 15) is 0 Å². The molecule has 1 atom stereocenters. The van der Waals surface area contributed by atoms with Crippen molar-refractivity contribution < 1.29 is 4.43 Å². The Morgan fingerprint density at radius 3 is 2.47 bits per heavy atom. The van der Waals surface area contributed by atoms with Gasteiger partial charge in [-0.15, -0.1) is 5.73 Å². The molecule has 0 spiro atoms. The quantitative estimate of drug-likeness (QED) is 0.558. The van der Waals surface area contributed by atoms with Gasteiger partial charge in [0.1, 0.15) is 0 Å². The van der Waals surface area contributed by atoms with Gasteiger partial charge in [0.15, 0.2) is 0 Å². The summed E-state index contributed by atoms with van der Waals surface area (Å²) in [5.41, 5.74) is 2.76. The summed E-state index contributed by atoms with van der Waals surface area (Å²) < 4.78 is 6.05. The van der Waals surface area contributed by atoms with E-state index in [4.69, 9.17) is 4.43 Å². The van der Waals surface area contributed by atoms with Crippen LogP contribution in [0.4, 0.5) is 0 Å². The van der Waals surface area contributed by atoms with Crippen molar-refractivity contribution in [3.05, 3.63) is 48.7 Å². The maximum atomic E-state index is 6.05. The maximum absolute atomic E-state index is 6.05. The number of benzene rings is 1. The Hall–Kier alpha value is -1.08. The van der Waals surface area contributed by atoms with Crippen LogP contribution in [0.25, 0.3) is 0 Å². The van der Waals surface area contributed by atoms with E-state index in [0.29, 0.717) is 0 Å². The Morgan fingerprint density at radius 2 is 1.93 bits per heavy atom. The predicted molar refractivity (Wildman–Crippen MR) is 67.8 cm³/mol. The van der Waals surface area contributed by atoms with E-state index in [1.165, 1.54) is 5.19 Å². The van der Waals surface area contributed by atoms with Crippen molar-refractivity contribution in [2.24, 2.45) is 0 Å². The second kappa shape index (κ2) is 5.13. The van der Waals surface area contributed by atoms with Gasteiger partial charge in [0, 0.05) is 0 Å². The molecule has 0 amide bonds. The fraction of sp³-hybridized carbons (Fsp3) is 0.308. The van der Waals surface area contributed by atoms with Crippen LogP contribution in [0.1, 0.15) is 6.92 Å². The van der Waals surface area contributed by atoms with Crippen LogP contribution >= 0.6 is 0 Å². The van der Waals surface area contributed by atoms with Crippen molar-refractivity contribution in [2.75, 3.05) is 0 Å². The summed E-state index contributed by atoms with van der Waals surface area (Å²) in [6.07, 6.45) is 1.95. The molecule has 0 saturated heterocycles. The lowest BCUT2D eigenvalue weighted by Crippen LogP contribution is -2.46. The monoisotopic (exact) mass is 218 g/mol. The van der Waals surface area contributed by atoms with E-state index in [-0.39, 0.29) is 6.10 Å². The standard InChI is InChI=1S/C13H18OSi/c1-5-9-12(2)14-15(3,4)13-10-7-6-8-11-13/h6-12H,1H2,2-4H3/t12-/m1/s1. The molecule has 1 aromatic rings. The van der Waals surface area contributed by atoms with Gasteiger partial charge >= 0.3 is 0 Å². The minimum absolute atomic E-state index is 0.0874. The fourth-order valence-electron chi connectivity index (χ4n) is 1.57. The predicted octanol–water partition coefficient (Wildman–Crippen LogP) is 2.84. The highest BCUT2D eigenvalue weighted by Crippen LogP contribution is 2.09. The Labute approximate surface area is 93.2 Å². The van der Waals surface area contributed by atoms with Crippen molar-refractivity contribution in [1.82, 2.24) is 0 Å². The van der Waals surface area contributed by atoms with Crippen LogP contribution in [0.2, 0.25) is 13.1 Å². The van der Waals surface area contributed by atoms with Crippen LogP contribution in [0, 0.1) is 0 Å². The molecule has 1 nitrogen and oxygen atoms in total. The van der Waals surface area contributed by atoms with Crippen LogP contribution in [0.5, 0.6) is 0 Å². The van der Waals surface area contributed by atoms with Gasteiger partial charge in [0.05, 0.1) is 6.10 Å². The van der Waals surface area contributed by atoms with Crippen LogP contribution < -0.4 is 5.19 Å². The highest BCUT2D eigenvalue weighted by Gasteiger charge is 2.26. The number of rotatable bonds is 4. The molecule has 0 aromatic heterocycles. The van der Waals surface area contributed by atoms with E-state index < -0.39 is 8.32 Å². The molecule has 1 rings (SSSR count). The molecule has 0 bridgehead atoms. The minimum Gasteiger partial charge on any atom is -0.406 e. The van der Waals surface area contributed by atoms with E-state index in [1.54, 1.807) is 0 Å². The first-order valence-electron chi connectivity index (χ1n) is 5.15. The lowest BCUT2D eigenvalue weighted by atomic mass is 10.4. The summed E-state index contributed by atoms with van der Waals surface area (Å²) in [6, 6.07) is 10.4. The molecule has 0 aliphatic carbocycles. The van der Waals surface area contributed by atoms with Gasteiger partial charge in [-0.3, -0.25) is 0 Å². The summed E-state index contributed by atoms with van der Waals surface area (Å²) in [4.78, 5) is 0. The second-order valence-electron chi connectivity index (χ2n) is 4.07. The largest absolute Gasteiger partial charge is 0.406 e. The number of hydrogen-bond donors (Lipinski definition) is 0. The van der Waals surface area contributed by atoms with Gasteiger partial charge in [-0.1, -0.05) is 36.9 Å². The molecule has 15 heavy (non-hydrogen) atoms. The molecule has 0 aliphatic rings. The molecule has 0 radical (unpaired) electrons. The third-order valence-corrected chi connectivity index (χ3v) is 4.99. The average molecular weight is 218 g/mol. The molecule has 0 fully saturated rings. The van der Waals surface area contributed by atoms with Crippen LogP contribution in [-0.4, -0.2) is 14.4 Å². The first-order chi connectivity index (χ1) is 7.06. The van der Waals surface area contributed by atoms with Gasteiger partial charge in [-0.25, -0.2) is 0 Å². The highest BCUT2D eigenvalue weighted by molar-refractivity contribution is 6.84.